The molecule has 3 amide bonds. The number of halogens is 1. The Kier molecular flexibility index (Phi) is 10.9. The molecule has 1 aliphatic heterocycles. The number of amides is 3. The molecule has 2 fully saturated rings. The molecule has 5 N–H and O–H groups in total. The molecule has 226 valence electrons. The Morgan fingerprint density at radius 3 is 2.32 bits per heavy atom. The molecule has 1 unspecified atom stereocenters. The molecule has 11 nitrogen and oxygen atoms in total. The lowest BCUT2D eigenvalue weighted by Gasteiger charge is -2.41. The maximum absolute atomic E-state index is 12.9. The second-order valence-corrected chi connectivity index (χ2v) is 11.7. The van der Waals surface area contributed by atoms with Crippen LogP contribution in [0.4, 0.5) is 10.6 Å². The van der Waals surface area contributed by atoms with Gasteiger partial charge in [-0.05, 0) is 76.8 Å². The molecule has 2 heterocycles. The van der Waals surface area contributed by atoms with E-state index in [-0.39, 0.29) is 36.2 Å². The van der Waals surface area contributed by atoms with Gasteiger partial charge in [0.15, 0.2) is 0 Å². The van der Waals surface area contributed by atoms with E-state index in [2.05, 4.69) is 22.1 Å². The number of nitrogens with zero attached hydrogens (tertiary/aromatic N) is 5. The summed E-state index contributed by atoms with van der Waals surface area (Å²) in [7, 11) is 0. The van der Waals surface area contributed by atoms with Crippen LogP contribution in [-0.2, 0) is 11.3 Å². The lowest BCUT2D eigenvalue weighted by molar-refractivity contribution is -0.138. The van der Waals surface area contributed by atoms with Gasteiger partial charge >= 0.3 is 11.7 Å². The fourth-order valence-corrected chi connectivity index (χ4v) is 5.66. The second kappa shape index (κ2) is 13.8. The Morgan fingerprint density at radius 2 is 1.76 bits per heavy atom. The summed E-state index contributed by atoms with van der Waals surface area (Å²) in [5.41, 5.74) is 12.5. The van der Waals surface area contributed by atoms with Gasteiger partial charge in [-0.25, -0.2) is 9.59 Å². The lowest BCUT2D eigenvalue weighted by Crippen LogP contribution is -2.61. The molecule has 2 aliphatic rings. The summed E-state index contributed by atoms with van der Waals surface area (Å²) in [4.78, 5) is 48.2. The van der Waals surface area contributed by atoms with E-state index in [0.717, 1.165) is 38.8 Å². The third-order valence-corrected chi connectivity index (χ3v) is 8.03. The molecule has 1 saturated carbocycles. The van der Waals surface area contributed by atoms with Gasteiger partial charge in [-0.15, -0.1) is 12.4 Å². The van der Waals surface area contributed by atoms with Gasteiger partial charge in [0.1, 0.15) is 5.82 Å². The summed E-state index contributed by atoms with van der Waals surface area (Å²) in [6, 6.07) is 9.88. The number of aromatic nitrogens is 2. The van der Waals surface area contributed by atoms with Gasteiger partial charge in [0, 0.05) is 50.5 Å². The number of nitrogens with two attached hydrogens (primary N) is 2. The summed E-state index contributed by atoms with van der Waals surface area (Å²) < 4.78 is 1.46. The molecule has 0 bridgehead atoms. The van der Waals surface area contributed by atoms with Crippen molar-refractivity contribution in [1.82, 2.24) is 24.3 Å². The standard InChI is InChI=1S/C29H44N8O3.ClH/c1-5-34(23-12-8-22(30)9-13-23)19-21-6-10-24(11-7-21)37-15-14-25(33-28(37)40)32-27(39)36-17-16-35(18-20(36)2)26(38)29(3,4)31;/h6-7,10-11,14-15,20,22-23H,5,8-9,12-13,16-19,30-31H2,1-4H3,(H,32,33,39,40);1H. The van der Waals surface area contributed by atoms with Crippen LogP contribution in [-0.4, -0.2) is 86.0 Å². The van der Waals surface area contributed by atoms with Crippen LogP contribution in [0.2, 0.25) is 0 Å². The summed E-state index contributed by atoms with van der Waals surface area (Å²) in [6.07, 6.45) is 6.05. The summed E-state index contributed by atoms with van der Waals surface area (Å²) in [6.45, 7) is 10.4. The van der Waals surface area contributed by atoms with Crippen molar-refractivity contribution < 1.29 is 9.59 Å². The molecule has 1 aliphatic carbocycles. The fraction of sp³-hybridized carbons (Fsp3) is 0.586. The number of benzene rings is 1. The SMILES string of the molecule is CCN(Cc1ccc(-n2ccc(NC(=O)N3CCN(C(=O)C(C)(C)N)CC3C)nc2=O)cc1)C1CCC(N)CC1.Cl. The van der Waals surface area contributed by atoms with Gasteiger partial charge in [-0.1, -0.05) is 19.1 Å². The van der Waals surface area contributed by atoms with Crippen LogP contribution < -0.4 is 22.5 Å². The van der Waals surface area contributed by atoms with E-state index in [1.165, 1.54) is 10.1 Å². The Morgan fingerprint density at radius 1 is 1.10 bits per heavy atom. The van der Waals surface area contributed by atoms with Crippen molar-refractivity contribution in [1.29, 1.82) is 0 Å². The van der Waals surface area contributed by atoms with E-state index in [4.69, 9.17) is 11.5 Å². The Balaban J connectivity index is 0.00000462. The Bertz CT molecular complexity index is 1240. The van der Waals surface area contributed by atoms with Crippen molar-refractivity contribution in [3.8, 4) is 5.69 Å². The van der Waals surface area contributed by atoms with Crippen molar-refractivity contribution in [2.75, 3.05) is 31.5 Å². The highest BCUT2D eigenvalue weighted by molar-refractivity contribution is 5.89. The monoisotopic (exact) mass is 588 g/mol. The maximum atomic E-state index is 12.9. The van der Waals surface area contributed by atoms with Crippen molar-refractivity contribution in [3.63, 3.8) is 0 Å². The number of anilines is 1. The van der Waals surface area contributed by atoms with Crippen LogP contribution in [0.1, 0.15) is 58.9 Å². The quantitative estimate of drug-likeness (QED) is 0.451. The highest BCUT2D eigenvalue weighted by Gasteiger charge is 2.34. The van der Waals surface area contributed by atoms with Crippen molar-refractivity contribution in [2.45, 2.75) is 83.6 Å². The lowest BCUT2D eigenvalue weighted by atomic mass is 9.90. The van der Waals surface area contributed by atoms with Gasteiger partial charge in [-0.3, -0.25) is 19.6 Å². The molecule has 1 aromatic carbocycles. The third-order valence-electron chi connectivity index (χ3n) is 8.03. The highest BCUT2D eigenvalue weighted by atomic mass is 35.5. The van der Waals surface area contributed by atoms with E-state index in [1.54, 1.807) is 35.9 Å². The summed E-state index contributed by atoms with van der Waals surface area (Å²) in [5.74, 6) is 0.0392. The normalized spacial score (nSPS) is 21.4. The topological polar surface area (TPSA) is 143 Å². The number of rotatable bonds is 7. The maximum Gasteiger partial charge on any atom is 0.354 e. The average molecular weight is 589 g/mol. The van der Waals surface area contributed by atoms with Crippen molar-refractivity contribution in [2.24, 2.45) is 11.5 Å². The van der Waals surface area contributed by atoms with E-state index >= 15 is 0 Å². The predicted octanol–water partition coefficient (Wildman–Crippen LogP) is 2.55. The van der Waals surface area contributed by atoms with Crippen LogP contribution in [0.3, 0.4) is 0 Å². The minimum atomic E-state index is -0.960. The van der Waals surface area contributed by atoms with Crippen LogP contribution in [0.25, 0.3) is 5.69 Å². The van der Waals surface area contributed by atoms with Gasteiger partial charge in [0.05, 0.1) is 11.2 Å². The van der Waals surface area contributed by atoms with Crippen LogP contribution >= 0.6 is 12.4 Å². The average Bonchev–Trinajstić information content (AvgIpc) is 2.92. The smallest absolute Gasteiger partial charge is 0.337 e. The minimum absolute atomic E-state index is 0. The third kappa shape index (κ3) is 8.06. The van der Waals surface area contributed by atoms with Crippen LogP contribution in [0, 0.1) is 0 Å². The first-order chi connectivity index (χ1) is 19.0. The number of urea groups is 1. The minimum Gasteiger partial charge on any atom is -0.337 e. The molecule has 1 atom stereocenters. The van der Waals surface area contributed by atoms with E-state index < -0.39 is 11.2 Å². The number of carbonyl (C=O) groups is 2. The number of carbonyl (C=O) groups excluding carboxylic acids is 2. The number of nitrogens with one attached hydrogen (secondary N) is 1. The zero-order valence-electron chi connectivity index (χ0n) is 24.6. The molecule has 0 radical (unpaired) electrons. The molecule has 12 heteroatoms. The van der Waals surface area contributed by atoms with E-state index in [9.17, 15) is 14.4 Å². The van der Waals surface area contributed by atoms with Gasteiger partial charge in [0.25, 0.3) is 0 Å². The van der Waals surface area contributed by atoms with Crippen molar-refractivity contribution >= 4 is 30.2 Å². The first-order valence-electron chi connectivity index (χ1n) is 14.3. The first kappa shape index (κ1) is 32.5. The predicted molar refractivity (Wildman–Crippen MR) is 163 cm³/mol. The Hall–Kier alpha value is -2.99. The molecule has 1 aromatic heterocycles. The molecule has 2 aromatic rings. The fourth-order valence-electron chi connectivity index (χ4n) is 5.66. The zero-order valence-corrected chi connectivity index (χ0v) is 25.4. The zero-order chi connectivity index (χ0) is 29.0. The first-order valence-corrected chi connectivity index (χ1v) is 14.3. The molecule has 1 saturated heterocycles. The molecule has 0 spiro atoms. The van der Waals surface area contributed by atoms with E-state index in [1.807, 2.05) is 31.2 Å². The summed E-state index contributed by atoms with van der Waals surface area (Å²) >= 11 is 0. The molecular formula is C29H45ClN8O3. The largest absolute Gasteiger partial charge is 0.354 e. The van der Waals surface area contributed by atoms with Crippen LogP contribution in [0.15, 0.2) is 41.3 Å². The molecule has 4 rings (SSSR count). The summed E-state index contributed by atoms with van der Waals surface area (Å²) in [5, 5.41) is 2.73. The van der Waals surface area contributed by atoms with Crippen molar-refractivity contribution in [3.05, 3.63) is 52.6 Å². The van der Waals surface area contributed by atoms with Gasteiger partial charge < -0.3 is 21.3 Å². The number of hydrogen-bond acceptors (Lipinski definition) is 7. The van der Waals surface area contributed by atoms with E-state index in [0.29, 0.717) is 37.4 Å². The number of piperazine rings is 1. The molecular weight excluding hydrogens is 544 g/mol. The Labute approximate surface area is 248 Å². The number of hydrogen-bond donors (Lipinski definition) is 3. The van der Waals surface area contributed by atoms with Crippen LogP contribution in [0.5, 0.6) is 0 Å². The van der Waals surface area contributed by atoms with Gasteiger partial charge in [-0.2, -0.15) is 4.98 Å². The second-order valence-electron chi connectivity index (χ2n) is 11.7. The molecule has 41 heavy (non-hydrogen) atoms. The van der Waals surface area contributed by atoms with Gasteiger partial charge in [0.2, 0.25) is 5.91 Å². The highest BCUT2D eigenvalue weighted by Crippen LogP contribution is 2.24.